The van der Waals surface area contributed by atoms with E-state index in [4.69, 9.17) is 4.84 Å². The largest absolute Gasteiger partial charge is 0.352 e. The van der Waals surface area contributed by atoms with Crippen LogP contribution in [0.1, 0.15) is 134 Å². The fourth-order valence-electron chi connectivity index (χ4n) is 10.9. The predicted octanol–water partition coefficient (Wildman–Crippen LogP) is 3.90. The second kappa shape index (κ2) is 27.6. The first-order chi connectivity index (χ1) is 37.7. The van der Waals surface area contributed by atoms with Crippen LogP contribution in [0.4, 0.5) is 22.7 Å². The number of amides is 7. The average Bonchev–Trinajstić information content (AvgIpc) is 3.39. The molecule has 0 aliphatic carbocycles. The molecule has 6 rings (SSSR count). The highest BCUT2D eigenvalue weighted by Crippen LogP contribution is 2.30. The van der Waals surface area contributed by atoms with Gasteiger partial charge in [-0.3, -0.25) is 60.1 Å². The number of piperidine rings is 2. The smallest absolute Gasteiger partial charge is 0.327 e. The average molecular weight is 1110 g/mol. The number of carbonyl (C=O) groups excluding carboxylic acids is 7. The highest BCUT2D eigenvalue weighted by molar-refractivity contribution is 6.35. The van der Waals surface area contributed by atoms with Gasteiger partial charge in [0.15, 0.2) is 24.8 Å². The van der Waals surface area contributed by atoms with E-state index < -0.39 is 23.6 Å². The number of aromatic nitrogens is 2. The third-order valence-corrected chi connectivity index (χ3v) is 13.6. The van der Waals surface area contributed by atoms with Crippen molar-refractivity contribution >= 4 is 64.1 Å². The Morgan fingerprint density at radius 1 is 0.562 bits per heavy atom. The van der Waals surface area contributed by atoms with Crippen LogP contribution in [-0.4, -0.2) is 88.7 Å². The molecule has 4 aromatic rings. The molecular formula is C58H84N14O8+2. The molecule has 2 fully saturated rings. The first-order valence-corrected chi connectivity index (χ1v) is 27.4. The summed E-state index contributed by atoms with van der Waals surface area (Å²) in [4.78, 5) is 95.3. The van der Waals surface area contributed by atoms with Crippen molar-refractivity contribution in [2.24, 2.45) is 0 Å². The molecule has 2 aromatic heterocycles. The number of hydrazine groups is 2. The van der Waals surface area contributed by atoms with Crippen LogP contribution in [0.3, 0.4) is 0 Å². The maximum absolute atomic E-state index is 13.0. The molecule has 7 amide bonds. The number of nitrogens with zero attached hydrogens (tertiary/aromatic N) is 2. The van der Waals surface area contributed by atoms with Gasteiger partial charge in [0.05, 0.1) is 18.0 Å². The highest BCUT2D eigenvalue weighted by atomic mass is 16.6. The molecule has 0 bridgehead atoms. The summed E-state index contributed by atoms with van der Waals surface area (Å²) < 4.78 is 3.41. The number of anilines is 4. The summed E-state index contributed by atoms with van der Waals surface area (Å²) in [6.07, 6.45) is 13.3. The van der Waals surface area contributed by atoms with E-state index in [-0.39, 0.29) is 65.1 Å². The van der Waals surface area contributed by atoms with E-state index in [0.29, 0.717) is 73.7 Å². The first kappa shape index (κ1) is 61.7. The summed E-state index contributed by atoms with van der Waals surface area (Å²) in [5.74, 6) is -3.78. The Bertz CT molecular complexity index is 2840. The molecule has 12 N–H and O–H groups in total. The molecule has 0 atom stereocenters. The fraction of sp³-hybridized carbons (Fsp3) is 0.500. The van der Waals surface area contributed by atoms with E-state index in [0.717, 1.165) is 42.4 Å². The number of pyridine rings is 2. The molecule has 2 saturated heterocycles. The predicted molar refractivity (Wildman–Crippen MR) is 305 cm³/mol. The van der Waals surface area contributed by atoms with Gasteiger partial charge >= 0.3 is 23.6 Å². The lowest BCUT2D eigenvalue weighted by Gasteiger charge is -2.46. The minimum Gasteiger partial charge on any atom is -0.352 e. The third-order valence-electron chi connectivity index (χ3n) is 13.6. The van der Waals surface area contributed by atoms with Crippen LogP contribution < -0.4 is 73.5 Å². The van der Waals surface area contributed by atoms with E-state index in [1.807, 2.05) is 32.2 Å². The van der Waals surface area contributed by atoms with Gasteiger partial charge in [0.25, 0.3) is 17.7 Å². The Balaban J connectivity index is 0.800. The van der Waals surface area contributed by atoms with E-state index in [2.05, 4.69) is 120 Å². The monoisotopic (exact) mass is 1100 g/mol. The summed E-state index contributed by atoms with van der Waals surface area (Å²) in [6, 6.07) is 17.2. The zero-order valence-electron chi connectivity index (χ0n) is 48.1. The molecule has 0 spiro atoms. The lowest BCUT2D eigenvalue weighted by Crippen LogP contribution is -2.63. The number of hydrogen-bond donors (Lipinski definition) is 12. The van der Waals surface area contributed by atoms with Crippen LogP contribution >= 0.6 is 0 Å². The number of carbonyl (C=O) groups is 7. The number of hydrogen-bond acceptors (Lipinski definition) is 13. The van der Waals surface area contributed by atoms with Crippen molar-refractivity contribution in [3.63, 3.8) is 0 Å². The van der Waals surface area contributed by atoms with Gasteiger partial charge in [0.1, 0.15) is 5.56 Å². The quantitative estimate of drug-likeness (QED) is 0.0218. The Kier molecular flexibility index (Phi) is 21.3. The topological polar surface area (TPSA) is 281 Å². The second-order valence-electron chi connectivity index (χ2n) is 23.8. The number of benzene rings is 2. The summed E-state index contributed by atoms with van der Waals surface area (Å²) in [7, 11) is 0. The number of aryl methyl sites for hydroxylation is 2. The van der Waals surface area contributed by atoms with E-state index in [9.17, 15) is 33.6 Å². The summed E-state index contributed by atoms with van der Waals surface area (Å²) in [5.41, 5.74) is 17.9. The van der Waals surface area contributed by atoms with Crippen molar-refractivity contribution in [1.82, 2.24) is 42.9 Å². The normalized spacial score (nSPS) is 16.3. The van der Waals surface area contributed by atoms with Crippen molar-refractivity contribution in [1.29, 1.82) is 0 Å². The van der Waals surface area contributed by atoms with Gasteiger partial charge in [-0.1, -0.05) is 12.8 Å². The number of unbranched alkanes of at least 4 members (excludes halogenated alkanes) is 3. The van der Waals surface area contributed by atoms with E-state index in [1.54, 1.807) is 76.3 Å². The Hall–Kier alpha value is -7.53. The Morgan fingerprint density at radius 2 is 1.01 bits per heavy atom. The number of hydroxylamine groups is 1. The molecular weight excluding hydrogens is 1020 g/mol. The van der Waals surface area contributed by atoms with Gasteiger partial charge in [-0.15, -0.1) is 0 Å². The van der Waals surface area contributed by atoms with Crippen molar-refractivity contribution in [2.45, 2.75) is 175 Å². The van der Waals surface area contributed by atoms with Crippen LogP contribution in [0.15, 0.2) is 85.5 Å². The maximum Gasteiger partial charge on any atom is 0.327 e. The minimum absolute atomic E-state index is 0.0249. The van der Waals surface area contributed by atoms with Gasteiger partial charge in [-0.2, -0.15) is 9.13 Å². The molecule has 0 radical (unpaired) electrons. The molecule has 22 heteroatoms. The Morgan fingerprint density at radius 3 is 1.49 bits per heavy atom. The van der Waals surface area contributed by atoms with Crippen LogP contribution in [0, 0.1) is 13.8 Å². The molecule has 0 unspecified atom stereocenters. The minimum atomic E-state index is -0.805. The summed E-state index contributed by atoms with van der Waals surface area (Å²) in [5, 5.41) is 21.6. The van der Waals surface area contributed by atoms with E-state index >= 15 is 0 Å². The molecule has 80 heavy (non-hydrogen) atoms. The molecule has 2 aliphatic heterocycles. The highest BCUT2D eigenvalue weighted by Gasteiger charge is 2.40. The lowest BCUT2D eigenvalue weighted by atomic mass is 9.79. The van der Waals surface area contributed by atoms with Gasteiger partial charge in [0, 0.05) is 76.4 Å². The van der Waals surface area contributed by atoms with Crippen LogP contribution in [-0.2, 0) is 53.3 Å². The van der Waals surface area contributed by atoms with Gasteiger partial charge in [-0.05, 0) is 167 Å². The van der Waals surface area contributed by atoms with Crippen molar-refractivity contribution in [3.05, 3.63) is 108 Å². The van der Waals surface area contributed by atoms with Crippen molar-refractivity contribution < 1.29 is 47.5 Å². The zero-order chi connectivity index (χ0) is 58.3. The Labute approximate surface area is 469 Å². The van der Waals surface area contributed by atoms with E-state index in [1.165, 1.54) is 0 Å². The molecule has 22 nitrogen and oxygen atoms in total. The zero-order valence-corrected chi connectivity index (χ0v) is 48.1. The first-order valence-electron chi connectivity index (χ1n) is 27.4. The molecule has 0 saturated carbocycles. The van der Waals surface area contributed by atoms with Crippen molar-refractivity contribution in [3.8, 4) is 0 Å². The van der Waals surface area contributed by atoms with Gasteiger partial charge in [-0.25, -0.2) is 5.48 Å². The number of rotatable bonds is 23. The van der Waals surface area contributed by atoms with Crippen LogP contribution in [0.25, 0.3) is 0 Å². The fourth-order valence-corrected chi connectivity index (χ4v) is 10.9. The molecule has 4 heterocycles. The molecule has 432 valence electrons. The van der Waals surface area contributed by atoms with Crippen LogP contribution in [0.2, 0.25) is 0 Å². The third kappa shape index (κ3) is 20.3. The van der Waals surface area contributed by atoms with Gasteiger partial charge in [0.2, 0.25) is 13.1 Å². The SMILES string of the molecule is Cc1cc(NC(=O)C[n+]2cccc(CONCCCCCCNC(=O)c3ccc[n+](CC(=O)Nc4ccc(NNC(=O)C(=O)NC5CC(C)(C)NC(C)(C)C5)c(C)c4)c3)c2)ccc1NNC(=O)C(=O)NC1CC(C)(C)NC(C)(C)C1. The molecule has 2 aliphatic rings. The maximum atomic E-state index is 13.0. The van der Waals surface area contributed by atoms with Crippen LogP contribution in [0.5, 0.6) is 0 Å². The van der Waals surface area contributed by atoms with Crippen molar-refractivity contribution in [2.75, 3.05) is 34.6 Å². The standard InChI is InChI=1S/C58H82N14O8/c1-38-27-42(19-21-46(38)65-67-53(78)51(76)63-44-29-55(3,4)69-56(5,6)30-44)61-48(73)35-71-25-15-17-40(33-71)37-80-60-24-14-12-11-13-23-59-50(75)41-18-16-26-72(34-41)36-49(74)62-43-20-22-47(39(2)28-43)66-68-54(79)52(77)64-45-31-57(7,8)70-58(9,10)32-45/h15-22,25-28,33-34,44-45,60,69-70H,11-14,23-24,29-32,35-37H2,1-10H3,(H7-2,59,61,62,63,64,65,66,67,68,73,74,75,76,77,78,79)/p+2. The van der Waals surface area contributed by atoms with Gasteiger partial charge < -0.3 is 37.2 Å². The lowest BCUT2D eigenvalue weighted by molar-refractivity contribution is -0.684. The second-order valence-corrected chi connectivity index (χ2v) is 23.8. The number of nitrogens with one attached hydrogen (secondary N) is 12. The molecule has 2 aromatic carbocycles. The summed E-state index contributed by atoms with van der Waals surface area (Å²) in [6.45, 7) is 21.7. The summed E-state index contributed by atoms with van der Waals surface area (Å²) >= 11 is 0.